The molecule has 0 aliphatic carbocycles. The minimum atomic E-state index is -0.169. The first-order chi connectivity index (χ1) is 13.0. The van der Waals surface area contributed by atoms with Crippen LogP contribution in [0.25, 0.3) is 0 Å². The van der Waals surface area contributed by atoms with Crippen LogP contribution in [0.2, 0.25) is 0 Å². The Bertz CT molecular complexity index is 794. The number of aromatic hydroxyl groups is 1. The molecule has 0 atom stereocenters. The van der Waals surface area contributed by atoms with Crippen LogP contribution in [-0.2, 0) is 17.3 Å². The van der Waals surface area contributed by atoms with E-state index in [-0.39, 0.29) is 10.8 Å². The minimum absolute atomic E-state index is 0.169. The van der Waals surface area contributed by atoms with Crippen LogP contribution in [0.5, 0.6) is 5.75 Å². The van der Waals surface area contributed by atoms with Crippen molar-refractivity contribution in [1.82, 2.24) is 9.97 Å². The predicted molar refractivity (Wildman–Crippen MR) is 117 cm³/mol. The molecule has 2 N–H and O–H groups in total. The summed E-state index contributed by atoms with van der Waals surface area (Å²) in [5.74, 6) is 0.868. The Morgan fingerprint density at radius 2 is 1.68 bits per heavy atom. The highest BCUT2D eigenvalue weighted by Crippen LogP contribution is 2.39. The molecule has 1 heterocycles. The molecule has 0 aliphatic heterocycles. The first kappa shape index (κ1) is 21.9. The average Bonchev–Trinajstić information content (AvgIpc) is 2.59. The van der Waals surface area contributed by atoms with E-state index in [9.17, 15) is 5.11 Å². The zero-order valence-electron chi connectivity index (χ0n) is 18.3. The summed E-state index contributed by atoms with van der Waals surface area (Å²) in [5, 5.41) is 15.1. The number of aromatic nitrogens is 2. The third-order valence-corrected chi connectivity index (χ3v) is 4.63. The molecule has 0 fully saturated rings. The molecule has 0 bridgehead atoms. The van der Waals surface area contributed by atoms with Crippen molar-refractivity contribution < 1.29 is 5.11 Å². The van der Waals surface area contributed by atoms with Gasteiger partial charge in [0.05, 0.1) is 6.21 Å². The largest absolute Gasteiger partial charge is 0.507 e. The highest BCUT2D eigenvalue weighted by Gasteiger charge is 2.26. The van der Waals surface area contributed by atoms with Crippen LogP contribution in [0.1, 0.15) is 83.7 Å². The van der Waals surface area contributed by atoms with E-state index in [1.807, 2.05) is 18.2 Å². The van der Waals surface area contributed by atoms with Gasteiger partial charge in [0.15, 0.2) is 0 Å². The maximum Gasteiger partial charge on any atom is 0.243 e. The molecule has 5 heteroatoms. The van der Waals surface area contributed by atoms with Crippen LogP contribution >= 0.6 is 0 Å². The highest BCUT2D eigenvalue weighted by atomic mass is 16.3. The van der Waals surface area contributed by atoms with Gasteiger partial charge in [-0.25, -0.2) is 15.4 Å². The van der Waals surface area contributed by atoms with Gasteiger partial charge in [-0.2, -0.15) is 5.10 Å². The van der Waals surface area contributed by atoms with Crippen LogP contribution in [0.15, 0.2) is 29.5 Å². The van der Waals surface area contributed by atoms with Crippen LogP contribution in [0, 0.1) is 0 Å². The van der Waals surface area contributed by atoms with Crippen LogP contribution < -0.4 is 5.43 Å². The summed E-state index contributed by atoms with van der Waals surface area (Å²) in [5.41, 5.74) is 6.37. The smallest absolute Gasteiger partial charge is 0.243 e. The molecule has 0 radical (unpaired) electrons. The van der Waals surface area contributed by atoms with Crippen molar-refractivity contribution >= 4 is 12.2 Å². The Hall–Kier alpha value is -2.43. The molecule has 0 saturated carbocycles. The van der Waals surface area contributed by atoms with E-state index in [0.29, 0.717) is 11.7 Å². The molecule has 2 rings (SSSR count). The number of anilines is 1. The molecule has 1 aromatic carbocycles. The molecule has 0 spiro atoms. The van der Waals surface area contributed by atoms with Crippen molar-refractivity contribution in [2.24, 2.45) is 5.10 Å². The molecule has 0 aliphatic rings. The molecule has 0 saturated heterocycles. The number of hydrazone groups is 1. The summed E-state index contributed by atoms with van der Waals surface area (Å²) >= 11 is 0. The van der Waals surface area contributed by atoms with Gasteiger partial charge in [0, 0.05) is 23.0 Å². The molecule has 1 aromatic heterocycles. The summed E-state index contributed by atoms with van der Waals surface area (Å²) in [6.45, 7) is 14.8. The zero-order valence-corrected chi connectivity index (χ0v) is 18.3. The van der Waals surface area contributed by atoms with E-state index in [1.165, 1.54) is 0 Å². The van der Waals surface area contributed by atoms with Crippen LogP contribution in [-0.4, -0.2) is 21.3 Å². The average molecular weight is 383 g/mol. The fourth-order valence-electron chi connectivity index (χ4n) is 2.99. The second kappa shape index (κ2) is 8.72. The number of nitrogens with zero attached hydrogens (tertiary/aromatic N) is 3. The van der Waals surface area contributed by atoms with Gasteiger partial charge in [-0.3, -0.25) is 0 Å². The summed E-state index contributed by atoms with van der Waals surface area (Å²) in [4.78, 5) is 8.72. The van der Waals surface area contributed by atoms with Gasteiger partial charge < -0.3 is 5.11 Å². The molecule has 0 unspecified atom stereocenters. The lowest BCUT2D eigenvalue weighted by Crippen LogP contribution is -2.18. The molecule has 28 heavy (non-hydrogen) atoms. The Labute approximate surface area is 169 Å². The second-order valence-corrected chi connectivity index (χ2v) is 9.31. The van der Waals surface area contributed by atoms with Gasteiger partial charge in [0.2, 0.25) is 5.95 Å². The number of nitrogens with one attached hydrogen (secondary N) is 1. The standard InChI is InChI=1S/C23H34N4O/c1-8-9-10-17-11-12-24-21(26-17)27-25-15-16-13-18(22(2,3)4)20(28)19(14-16)23(5,6)7/h11-15,28H,8-10H2,1-7H3,(H,24,26,27). The maximum atomic E-state index is 10.8. The predicted octanol–water partition coefficient (Wildman–Crippen LogP) is 5.57. The van der Waals surface area contributed by atoms with Gasteiger partial charge >= 0.3 is 0 Å². The number of benzene rings is 1. The lowest BCUT2D eigenvalue weighted by atomic mass is 9.78. The van der Waals surface area contributed by atoms with Crippen LogP contribution in [0.4, 0.5) is 5.95 Å². The molecular formula is C23H34N4O. The first-order valence-electron chi connectivity index (χ1n) is 10.0. The molecular weight excluding hydrogens is 348 g/mol. The number of phenolic OH excluding ortho intramolecular Hbond substituents is 1. The summed E-state index contributed by atoms with van der Waals surface area (Å²) in [7, 11) is 0. The number of rotatable bonds is 6. The van der Waals surface area contributed by atoms with E-state index < -0.39 is 0 Å². The quantitative estimate of drug-likeness (QED) is 0.506. The fourth-order valence-corrected chi connectivity index (χ4v) is 2.99. The molecule has 0 amide bonds. The van der Waals surface area contributed by atoms with E-state index in [4.69, 9.17) is 0 Å². The van der Waals surface area contributed by atoms with Gasteiger partial charge in [-0.15, -0.1) is 0 Å². The maximum absolute atomic E-state index is 10.8. The highest BCUT2D eigenvalue weighted by molar-refractivity contribution is 5.82. The molecule has 5 nitrogen and oxygen atoms in total. The Morgan fingerprint density at radius 1 is 1.07 bits per heavy atom. The minimum Gasteiger partial charge on any atom is -0.507 e. The number of hydrogen-bond acceptors (Lipinski definition) is 5. The fraction of sp³-hybridized carbons (Fsp3) is 0.522. The van der Waals surface area contributed by atoms with Crippen molar-refractivity contribution in [3.8, 4) is 5.75 Å². The normalized spacial score (nSPS) is 12.5. The summed E-state index contributed by atoms with van der Waals surface area (Å²) in [6, 6.07) is 5.93. The third-order valence-electron chi connectivity index (χ3n) is 4.63. The molecule has 2 aromatic rings. The zero-order chi connectivity index (χ0) is 20.9. The van der Waals surface area contributed by atoms with Crippen molar-refractivity contribution in [1.29, 1.82) is 0 Å². The summed E-state index contributed by atoms with van der Waals surface area (Å²) in [6.07, 6.45) is 6.70. The second-order valence-electron chi connectivity index (χ2n) is 9.31. The van der Waals surface area contributed by atoms with Crippen LogP contribution in [0.3, 0.4) is 0 Å². The number of phenols is 1. The first-order valence-corrected chi connectivity index (χ1v) is 10.0. The van der Waals surface area contributed by atoms with Crippen molar-refractivity contribution in [3.05, 3.63) is 46.8 Å². The van der Waals surface area contributed by atoms with Gasteiger partial charge in [0.25, 0.3) is 0 Å². The monoisotopic (exact) mass is 382 g/mol. The number of hydrogen-bond donors (Lipinski definition) is 2. The van der Waals surface area contributed by atoms with Gasteiger partial charge in [0.1, 0.15) is 5.75 Å². The van der Waals surface area contributed by atoms with Crippen molar-refractivity contribution in [2.75, 3.05) is 5.43 Å². The third kappa shape index (κ3) is 5.78. The van der Waals surface area contributed by atoms with Gasteiger partial charge in [-0.1, -0.05) is 54.9 Å². The Kier molecular flexibility index (Phi) is 6.81. The molecule has 152 valence electrons. The van der Waals surface area contributed by atoms with E-state index in [0.717, 1.165) is 41.6 Å². The number of unbranched alkanes of at least 4 members (excludes halogenated alkanes) is 1. The number of aryl methyl sites for hydroxylation is 1. The van der Waals surface area contributed by atoms with Crippen molar-refractivity contribution in [3.63, 3.8) is 0 Å². The Morgan fingerprint density at radius 3 is 2.21 bits per heavy atom. The lowest BCUT2D eigenvalue weighted by Gasteiger charge is -2.27. The SMILES string of the molecule is CCCCc1ccnc(NN=Cc2cc(C(C)(C)C)c(O)c(C(C)(C)C)c2)n1. The van der Waals surface area contributed by atoms with E-state index in [2.05, 4.69) is 69.0 Å². The van der Waals surface area contributed by atoms with E-state index in [1.54, 1.807) is 12.4 Å². The van der Waals surface area contributed by atoms with Crippen molar-refractivity contribution in [2.45, 2.75) is 78.6 Å². The van der Waals surface area contributed by atoms with Gasteiger partial charge in [-0.05, 0) is 47.4 Å². The lowest BCUT2D eigenvalue weighted by molar-refractivity contribution is 0.423. The topological polar surface area (TPSA) is 70.4 Å². The Balaban J connectivity index is 2.28. The van der Waals surface area contributed by atoms with E-state index >= 15 is 0 Å². The summed E-state index contributed by atoms with van der Waals surface area (Å²) < 4.78 is 0.